The highest BCUT2D eigenvalue weighted by molar-refractivity contribution is 5.86. The summed E-state index contributed by atoms with van der Waals surface area (Å²) in [6.45, 7) is 0. The first-order valence-electron chi connectivity index (χ1n) is 6.74. The van der Waals surface area contributed by atoms with E-state index in [0.29, 0.717) is 11.3 Å². The molecule has 0 atom stereocenters. The highest BCUT2D eigenvalue weighted by Crippen LogP contribution is 2.27. The summed E-state index contributed by atoms with van der Waals surface area (Å²) in [7, 11) is 0. The summed E-state index contributed by atoms with van der Waals surface area (Å²) in [4.78, 5) is 4.54. The molecule has 0 amide bonds. The van der Waals surface area contributed by atoms with Crippen LogP contribution in [0.15, 0.2) is 54.6 Å². The Morgan fingerprint density at radius 2 is 1.68 bits per heavy atom. The Hall–Kier alpha value is -3.28. The summed E-state index contributed by atoms with van der Waals surface area (Å²) < 4.78 is 0. The van der Waals surface area contributed by atoms with Gasteiger partial charge in [-0.25, -0.2) is 10.1 Å². The van der Waals surface area contributed by atoms with E-state index < -0.39 is 0 Å². The van der Waals surface area contributed by atoms with Crippen molar-refractivity contribution in [2.45, 2.75) is 0 Å². The summed E-state index contributed by atoms with van der Waals surface area (Å²) in [5.74, 6) is 0.805. The molecule has 106 valence electrons. The van der Waals surface area contributed by atoms with Gasteiger partial charge in [0.1, 0.15) is 11.3 Å². The molecule has 2 N–H and O–H groups in total. The third-order valence-corrected chi connectivity index (χ3v) is 3.50. The van der Waals surface area contributed by atoms with Gasteiger partial charge in [-0.1, -0.05) is 42.5 Å². The summed E-state index contributed by atoms with van der Waals surface area (Å²) in [6, 6.07) is 17.0. The van der Waals surface area contributed by atoms with Crippen LogP contribution >= 0.6 is 0 Å². The lowest BCUT2D eigenvalue weighted by molar-refractivity contribution is 0.480. The number of aromatic amines is 1. The fourth-order valence-corrected chi connectivity index (χ4v) is 2.37. The number of hydrogen-bond donors (Lipinski definition) is 2. The maximum Gasteiger partial charge on any atom is 0.179 e. The number of nitrogens with zero attached hydrogens (tertiary/aromatic N) is 4. The van der Waals surface area contributed by atoms with Gasteiger partial charge >= 0.3 is 0 Å². The number of aromatic hydroxyl groups is 1. The second-order valence-electron chi connectivity index (χ2n) is 4.87. The van der Waals surface area contributed by atoms with Gasteiger partial charge in [0, 0.05) is 16.5 Å². The number of nitrogens with one attached hydrogen (secondary N) is 1. The zero-order valence-electron chi connectivity index (χ0n) is 11.4. The van der Waals surface area contributed by atoms with Crippen molar-refractivity contribution in [3.05, 3.63) is 54.6 Å². The topological polar surface area (TPSA) is 87.6 Å². The third kappa shape index (κ3) is 2.07. The number of phenols is 1. The van der Waals surface area contributed by atoms with Crippen molar-refractivity contribution in [1.82, 2.24) is 25.6 Å². The molecule has 0 aliphatic heterocycles. The van der Waals surface area contributed by atoms with Gasteiger partial charge in [0.2, 0.25) is 0 Å². The van der Waals surface area contributed by atoms with Crippen LogP contribution in [0.25, 0.3) is 33.5 Å². The highest BCUT2D eigenvalue weighted by Gasteiger charge is 2.06. The van der Waals surface area contributed by atoms with Crippen LogP contribution in [0, 0.1) is 0 Å². The fraction of sp³-hybridized carbons (Fsp3) is 0. The van der Waals surface area contributed by atoms with E-state index in [4.69, 9.17) is 0 Å². The van der Waals surface area contributed by atoms with Gasteiger partial charge in [-0.2, -0.15) is 0 Å². The van der Waals surface area contributed by atoms with Gasteiger partial charge in [0.25, 0.3) is 0 Å². The molecule has 2 aromatic heterocycles. The van der Waals surface area contributed by atoms with Crippen molar-refractivity contribution in [2.24, 2.45) is 0 Å². The Morgan fingerprint density at radius 1 is 0.864 bits per heavy atom. The van der Waals surface area contributed by atoms with E-state index in [1.165, 1.54) is 0 Å². The molecule has 0 saturated carbocycles. The van der Waals surface area contributed by atoms with Gasteiger partial charge in [-0.15, -0.1) is 5.10 Å². The number of aromatic nitrogens is 5. The summed E-state index contributed by atoms with van der Waals surface area (Å²) in [5, 5.41) is 24.6. The lowest BCUT2D eigenvalue weighted by Crippen LogP contribution is -1.87. The molecule has 0 aliphatic rings. The molecule has 0 fully saturated rings. The number of phenolic OH excluding ortho intramolecular Hbond substituents is 1. The van der Waals surface area contributed by atoms with E-state index in [2.05, 4.69) is 25.6 Å². The highest BCUT2D eigenvalue weighted by atomic mass is 16.3. The van der Waals surface area contributed by atoms with Gasteiger partial charge in [0.15, 0.2) is 5.82 Å². The van der Waals surface area contributed by atoms with Crippen LogP contribution in [0.4, 0.5) is 0 Å². The van der Waals surface area contributed by atoms with Crippen molar-refractivity contribution in [1.29, 1.82) is 0 Å². The second kappa shape index (κ2) is 4.92. The average Bonchev–Trinajstić information content (AvgIpc) is 3.10. The molecule has 0 unspecified atom stereocenters. The smallest absolute Gasteiger partial charge is 0.179 e. The fourth-order valence-electron chi connectivity index (χ4n) is 2.37. The minimum Gasteiger partial charge on any atom is -0.506 e. The minimum atomic E-state index is 0.184. The predicted octanol–water partition coefficient (Wildman–Crippen LogP) is 2.79. The number of tetrazole rings is 1. The lowest BCUT2D eigenvalue weighted by atomic mass is 10.1. The van der Waals surface area contributed by atoms with Gasteiger partial charge < -0.3 is 5.11 Å². The van der Waals surface area contributed by atoms with E-state index in [1.807, 2.05) is 42.5 Å². The molecule has 4 rings (SSSR count). The molecular formula is C16H11N5O. The van der Waals surface area contributed by atoms with Crippen LogP contribution in [0.3, 0.4) is 0 Å². The first-order chi connectivity index (χ1) is 10.8. The average molecular weight is 289 g/mol. The molecule has 0 aliphatic carbocycles. The van der Waals surface area contributed by atoms with Gasteiger partial charge in [0.05, 0.1) is 5.69 Å². The standard InChI is InChI=1S/C16H11N5O/c22-14-3-1-2-11-8-9-13(17-15(11)14)10-4-6-12(7-5-10)16-18-20-21-19-16/h1-9,22H,(H,18,19,20,21). The Bertz CT molecular complexity index is 933. The Morgan fingerprint density at radius 3 is 2.45 bits per heavy atom. The van der Waals surface area contributed by atoms with Crippen molar-refractivity contribution in [2.75, 3.05) is 0 Å². The summed E-state index contributed by atoms with van der Waals surface area (Å²) >= 11 is 0. The molecule has 2 heterocycles. The van der Waals surface area contributed by atoms with Crippen LogP contribution in [0.5, 0.6) is 5.75 Å². The Kier molecular flexibility index (Phi) is 2.79. The summed E-state index contributed by atoms with van der Waals surface area (Å²) in [5.41, 5.74) is 3.26. The van der Waals surface area contributed by atoms with Crippen LogP contribution in [-0.2, 0) is 0 Å². The Balaban J connectivity index is 1.77. The number of rotatable bonds is 2. The second-order valence-corrected chi connectivity index (χ2v) is 4.87. The number of fused-ring (bicyclic) bond motifs is 1. The van der Waals surface area contributed by atoms with Crippen LogP contribution in [0.2, 0.25) is 0 Å². The molecule has 4 aromatic rings. The molecule has 0 saturated heterocycles. The molecule has 0 radical (unpaired) electrons. The van der Waals surface area contributed by atoms with Crippen molar-refractivity contribution in [3.63, 3.8) is 0 Å². The van der Waals surface area contributed by atoms with E-state index in [0.717, 1.165) is 22.2 Å². The zero-order valence-corrected chi connectivity index (χ0v) is 11.4. The molecular weight excluding hydrogens is 278 g/mol. The van der Waals surface area contributed by atoms with E-state index in [-0.39, 0.29) is 5.75 Å². The van der Waals surface area contributed by atoms with Crippen molar-refractivity contribution in [3.8, 4) is 28.4 Å². The zero-order chi connectivity index (χ0) is 14.9. The first kappa shape index (κ1) is 12.5. The normalized spacial score (nSPS) is 10.9. The molecule has 2 aromatic carbocycles. The SMILES string of the molecule is Oc1cccc2ccc(-c3ccc(-c4nnn[nH]4)cc3)nc12. The number of H-pyrrole nitrogens is 1. The quantitative estimate of drug-likeness (QED) is 0.592. The minimum absolute atomic E-state index is 0.184. The van der Waals surface area contributed by atoms with Crippen molar-refractivity contribution < 1.29 is 5.11 Å². The molecule has 22 heavy (non-hydrogen) atoms. The van der Waals surface area contributed by atoms with Gasteiger partial charge in [-0.3, -0.25) is 0 Å². The van der Waals surface area contributed by atoms with E-state index in [1.54, 1.807) is 12.1 Å². The molecule has 6 nitrogen and oxygen atoms in total. The van der Waals surface area contributed by atoms with Crippen LogP contribution in [-0.4, -0.2) is 30.7 Å². The molecule has 0 bridgehead atoms. The maximum atomic E-state index is 9.92. The van der Waals surface area contributed by atoms with E-state index in [9.17, 15) is 5.11 Å². The molecule has 6 heteroatoms. The third-order valence-electron chi connectivity index (χ3n) is 3.50. The monoisotopic (exact) mass is 289 g/mol. The van der Waals surface area contributed by atoms with Gasteiger partial charge in [-0.05, 0) is 22.6 Å². The number of hydrogen-bond acceptors (Lipinski definition) is 5. The number of para-hydroxylation sites is 1. The number of pyridine rings is 1. The first-order valence-corrected chi connectivity index (χ1v) is 6.74. The van der Waals surface area contributed by atoms with Crippen LogP contribution in [0.1, 0.15) is 0 Å². The number of benzene rings is 2. The predicted molar refractivity (Wildman–Crippen MR) is 82.0 cm³/mol. The maximum absolute atomic E-state index is 9.92. The largest absolute Gasteiger partial charge is 0.506 e. The van der Waals surface area contributed by atoms with Crippen LogP contribution < -0.4 is 0 Å². The molecule has 0 spiro atoms. The van der Waals surface area contributed by atoms with E-state index >= 15 is 0 Å². The Labute approximate surface area is 125 Å². The summed E-state index contributed by atoms with van der Waals surface area (Å²) in [6.07, 6.45) is 0. The lowest BCUT2D eigenvalue weighted by Gasteiger charge is -2.05. The van der Waals surface area contributed by atoms with Crippen molar-refractivity contribution >= 4 is 10.9 Å².